The first-order chi connectivity index (χ1) is 15.8. The van der Waals surface area contributed by atoms with Crippen molar-refractivity contribution in [1.82, 2.24) is 14.9 Å². The molecule has 34 heavy (non-hydrogen) atoms. The highest BCUT2D eigenvalue weighted by Crippen LogP contribution is 2.61. The van der Waals surface area contributed by atoms with Crippen LogP contribution in [0.25, 0.3) is 0 Å². The Morgan fingerprint density at radius 1 is 1.29 bits per heavy atom. The molecule has 0 spiro atoms. The van der Waals surface area contributed by atoms with Gasteiger partial charge in [-0.05, 0) is 44.9 Å². The van der Waals surface area contributed by atoms with Crippen molar-refractivity contribution in [3.63, 3.8) is 0 Å². The molecule has 2 saturated carbocycles. The number of halogens is 3. The molecular formula is C22H30F3N3O5S. The number of hydrogen-bond acceptors (Lipinski definition) is 7. The number of amides is 1. The van der Waals surface area contributed by atoms with Crippen LogP contribution in [0.15, 0.2) is 12.4 Å². The minimum Gasteiger partial charge on any atom is -0.443 e. The first-order valence-corrected chi connectivity index (χ1v) is 13.4. The molecule has 1 aromatic heterocycles. The number of hydrogen-bond donors (Lipinski definition) is 0. The molecule has 0 unspecified atom stereocenters. The van der Waals surface area contributed by atoms with Gasteiger partial charge < -0.3 is 9.47 Å². The van der Waals surface area contributed by atoms with Crippen LogP contribution in [0.3, 0.4) is 0 Å². The van der Waals surface area contributed by atoms with Crippen LogP contribution >= 0.6 is 0 Å². The zero-order chi connectivity index (χ0) is 24.9. The smallest absolute Gasteiger partial charge is 0.410 e. The quantitative estimate of drug-likeness (QED) is 0.562. The van der Waals surface area contributed by atoms with Crippen LogP contribution in [0, 0.1) is 11.7 Å². The van der Waals surface area contributed by atoms with Gasteiger partial charge >= 0.3 is 6.09 Å². The molecule has 190 valence electrons. The van der Waals surface area contributed by atoms with Crippen LogP contribution in [-0.2, 0) is 24.7 Å². The Hall–Kier alpha value is -1.95. The van der Waals surface area contributed by atoms with Gasteiger partial charge in [0.25, 0.3) is 5.92 Å². The summed E-state index contributed by atoms with van der Waals surface area (Å²) in [5, 5.41) is -0.867. The van der Waals surface area contributed by atoms with Gasteiger partial charge in [0.05, 0.1) is 36.4 Å². The third-order valence-corrected chi connectivity index (χ3v) is 8.91. The lowest BCUT2D eigenvalue weighted by Gasteiger charge is -2.32. The maximum Gasteiger partial charge on any atom is 0.410 e. The summed E-state index contributed by atoms with van der Waals surface area (Å²) in [4.78, 5) is 22.1. The summed E-state index contributed by atoms with van der Waals surface area (Å²) in [7, 11) is -3.52. The van der Waals surface area contributed by atoms with E-state index < -0.39 is 51.6 Å². The van der Waals surface area contributed by atoms with Crippen molar-refractivity contribution >= 4 is 15.9 Å². The van der Waals surface area contributed by atoms with Crippen molar-refractivity contribution in [2.45, 2.75) is 80.7 Å². The van der Waals surface area contributed by atoms with E-state index in [0.29, 0.717) is 19.2 Å². The highest BCUT2D eigenvalue weighted by molar-refractivity contribution is 7.91. The van der Waals surface area contributed by atoms with Crippen molar-refractivity contribution in [3.05, 3.63) is 24.0 Å². The maximum atomic E-state index is 13.2. The Morgan fingerprint density at radius 3 is 2.56 bits per heavy atom. The molecule has 2 aliphatic carbocycles. The standard InChI is InChI=1S/C22H30F3N3O5S/c1-13-6-18(34(3,30)31)17(28(13)20(29)33-12-21(2,24)25)11-32-16-4-5-22(8-14(22)7-16)19-26-9-15(23)10-27-19/h9-10,13-14,16-18H,4-8,11-12H2,1-3H3/t13-,14-,16+,17-,18+,22-/m1/s1. The molecule has 3 aliphatic rings. The van der Waals surface area contributed by atoms with E-state index in [2.05, 4.69) is 9.97 Å². The van der Waals surface area contributed by atoms with E-state index in [9.17, 15) is 26.4 Å². The van der Waals surface area contributed by atoms with Crippen molar-refractivity contribution in [3.8, 4) is 0 Å². The number of sulfone groups is 1. The summed E-state index contributed by atoms with van der Waals surface area (Å²) >= 11 is 0. The number of fused-ring (bicyclic) bond motifs is 1. The molecule has 3 fully saturated rings. The van der Waals surface area contributed by atoms with E-state index in [4.69, 9.17) is 9.47 Å². The number of ether oxygens (including phenoxy) is 2. The first kappa shape index (κ1) is 25.2. The molecule has 8 nitrogen and oxygen atoms in total. The zero-order valence-electron chi connectivity index (χ0n) is 19.4. The SMILES string of the molecule is C[C@@H]1C[C@H](S(C)(=O)=O)[C@@H](CO[C@H]2CC[C@@]3(c4ncc(F)cn4)C[C@H]3C2)N1C(=O)OCC(C)(F)F. The van der Waals surface area contributed by atoms with E-state index in [1.165, 1.54) is 17.3 Å². The Morgan fingerprint density at radius 2 is 1.97 bits per heavy atom. The monoisotopic (exact) mass is 505 g/mol. The largest absolute Gasteiger partial charge is 0.443 e. The number of rotatable bonds is 7. The molecule has 1 aliphatic heterocycles. The van der Waals surface area contributed by atoms with Gasteiger partial charge in [-0.2, -0.15) is 0 Å². The highest BCUT2D eigenvalue weighted by Gasteiger charge is 2.60. The predicted molar refractivity (Wildman–Crippen MR) is 116 cm³/mol. The van der Waals surface area contributed by atoms with Crippen LogP contribution in [0.2, 0.25) is 0 Å². The number of alkyl halides is 2. The average molecular weight is 506 g/mol. The first-order valence-electron chi connectivity index (χ1n) is 11.4. The summed E-state index contributed by atoms with van der Waals surface area (Å²) in [6.45, 7) is 1.21. The summed E-state index contributed by atoms with van der Waals surface area (Å²) in [6.07, 6.45) is 5.58. The molecule has 1 amide bonds. The van der Waals surface area contributed by atoms with Gasteiger partial charge in [0.1, 0.15) is 5.82 Å². The maximum absolute atomic E-state index is 13.2. The number of carbonyl (C=O) groups is 1. The number of nitrogens with zero attached hydrogens (tertiary/aromatic N) is 3. The van der Waals surface area contributed by atoms with E-state index >= 15 is 0 Å². The fourth-order valence-electron chi connectivity index (χ4n) is 5.53. The van der Waals surface area contributed by atoms with Gasteiger partial charge in [-0.15, -0.1) is 0 Å². The molecule has 2 heterocycles. The molecule has 1 saturated heterocycles. The van der Waals surface area contributed by atoms with Gasteiger partial charge in [0.2, 0.25) is 0 Å². The zero-order valence-corrected chi connectivity index (χ0v) is 20.2. The predicted octanol–water partition coefficient (Wildman–Crippen LogP) is 3.11. The summed E-state index contributed by atoms with van der Waals surface area (Å²) in [5.74, 6) is -2.74. The van der Waals surface area contributed by atoms with Gasteiger partial charge in [-0.3, -0.25) is 4.90 Å². The van der Waals surface area contributed by atoms with Gasteiger partial charge in [0, 0.05) is 24.6 Å². The molecule has 1 aromatic rings. The van der Waals surface area contributed by atoms with Crippen molar-refractivity contribution < 1.29 is 35.9 Å². The van der Waals surface area contributed by atoms with Crippen LogP contribution in [0.1, 0.15) is 51.8 Å². The molecule has 0 aromatic carbocycles. The second-order valence-corrected chi connectivity index (χ2v) is 12.3. The second-order valence-electron chi connectivity index (χ2n) is 10.1. The molecular weight excluding hydrogens is 475 g/mol. The Bertz CT molecular complexity index is 1020. The third-order valence-electron chi connectivity index (χ3n) is 7.30. The lowest BCUT2D eigenvalue weighted by molar-refractivity contribution is -0.0526. The molecule has 0 bridgehead atoms. The topological polar surface area (TPSA) is 98.7 Å². The normalized spacial score (nSPS) is 33.5. The van der Waals surface area contributed by atoms with Crippen LogP contribution in [-0.4, -0.2) is 78.2 Å². The number of carbonyl (C=O) groups excluding carboxylic acids is 1. The fraction of sp³-hybridized carbons (Fsp3) is 0.773. The number of aromatic nitrogens is 2. The van der Waals surface area contributed by atoms with E-state index in [-0.39, 0.29) is 30.5 Å². The molecule has 0 radical (unpaired) electrons. The second kappa shape index (κ2) is 8.92. The van der Waals surface area contributed by atoms with Crippen LogP contribution in [0.5, 0.6) is 0 Å². The van der Waals surface area contributed by atoms with E-state index in [1.54, 1.807) is 6.92 Å². The van der Waals surface area contributed by atoms with Gasteiger partial charge in [-0.25, -0.2) is 36.4 Å². The van der Waals surface area contributed by atoms with E-state index in [0.717, 1.165) is 25.5 Å². The minimum atomic E-state index is -3.52. The average Bonchev–Trinajstić information content (AvgIpc) is 3.37. The highest BCUT2D eigenvalue weighted by atomic mass is 32.2. The lowest BCUT2D eigenvalue weighted by atomic mass is 9.86. The van der Waals surface area contributed by atoms with Crippen LogP contribution in [0.4, 0.5) is 18.0 Å². The van der Waals surface area contributed by atoms with E-state index in [1.807, 2.05) is 0 Å². The van der Waals surface area contributed by atoms with Crippen molar-refractivity contribution in [2.24, 2.45) is 5.92 Å². The fourth-order valence-corrected chi connectivity index (χ4v) is 6.94. The summed E-state index contributed by atoms with van der Waals surface area (Å²) < 4.78 is 75.3. The molecule has 6 atom stereocenters. The molecule has 0 N–H and O–H groups in total. The van der Waals surface area contributed by atoms with Gasteiger partial charge in [-0.1, -0.05) is 0 Å². The van der Waals surface area contributed by atoms with Crippen molar-refractivity contribution in [1.29, 1.82) is 0 Å². The van der Waals surface area contributed by atoms with Crippen LogP contribution < -0.4 is 0 Å². The Labute approximate surface area is 197 Å². The molecule has 4 rings (SSSR count). The van der Waals surface area contributed by atoms with Gasteiger partial charge in [0.15, 0.2) is 22.3 Å². The Balaban J connectivity index is 1.40. The lowest BCUT2D eigenvalue weighted by Crippen LogP contribution is -2.48. The minimum absolute atomic E-state index is 0.0306. The molecule has 12 heteroatoms. The Kier molecular flexibility index (Phi) is 6.60. The summed E-state index contributed by atoms with van der Waals surface area (Å²) in [5.41, 5.74) is -0.161. The summed E-state index contributed by atoms with van der Waals surface area (Å²) in [6, 6.07) is -1.32. The van der Waals surface area contributed by atoms with Crippen molar-refractivity contribution in [2.75, 3.05) is 19.5 Å². The third kappa shape index (κ3) is 5.17. The number of likely N-dealkylation sites (tertiary alicyclic amines) is 1.